The van der Waals surface area contributed by atoms with Gasteiger partial charge in [-0.05, 0) is 31.5 Å². The molecule has 1 saturated carbocycles. The van der Waals surface area contributed by atoms with E-state index in [4.69, 9.17) is 23.2 Å². The molecule has 1 amide bonds. The Morgan fingerprint density at radius 3 is 2.57 bits per heavy atom. The lowest BCUT2D eigenvalue weighted by Crippen LogP contribution is -2.38. The molecule has 1 aliphatic carbocycles. The van der Waals surface area contributed by atoms with Gasteiger partial charge in [-0.25, -0.2) is 0 Å². The standard InChI is InChI=1S/C14H16Cl2N2O3/c1-8(2)17(14(19)10-6-13(10)18(20)21)7-9-3-4-11(15)12(16)5-9/h3-5,8,10,13H,6-7H2,1-2H3. The van der Waals surface area contributed by atoms with Crippen LogP contribution in [-0.2, 0) is 11.3 Å². The second-order valence-electron chi connectivity index (χ2n) is 5.50. The van der Waals surface area contributed by atoms with E-state index in [1.165, 1.54) is 0 Å². The third-order valence-electron chi connectivity index (χ3n) is 3.59. The average molecular weight is 331 g/mol. The number of hydrogen-bond donors (Lipinski definition) is 0. The number of amides is 1. The number of rotatable bonds is 5. The topological polar surface area (TPSA) is 63.5 Å². The van der Waals surface area contributed by atoms with Crippen LogP contribution in [0.25, 0.3) is 0 Å². The van der Waals surface area contributed by atoms with Crippen molar-refractivity contribution >= 4 is 29.1 Å². The summed E-state index contributed by atoms with van der Waals surface area (Å²) in [5.74, 6) is -0.664. The zero-order valence-electron chi connectivity index (χ0n) is 11.8. The maximum Gasteiger partial charge on any atom is 0.233 e. The normalized spacial score (nSPS) is 20.4. The minimum absolute atomic E-state index is 0.0417. The molecule has 0 spiro atoms. The maximum atomic E-state index is 12.4. The first kappa shape index (κ1) is 16.0. The minimum Gasteiger partial charge on any atom is -0.335 e. The third-order valence-corrected chi connectivity index (χ3v) is 4.33. The molecule has 21 heavy (non-hydrogen) atoms. The Bertz CT molecular complexity index is 577. The highest BCUT2D eigenvalue weighted by Gasteiger charge is 2.54. The molecule has 5 nitrogen and oxygen atoms in total. The Morgan fingerprint density at radius 1 is 1.43 bits per heavy atom. The predicted octanol–water partition coefficient (Wildman–Crippen LogP) is 3.40. The molecule has 2 atom stereocenters. The van der Waals surface area contributed by atoms with Gasteiger partial charge in [-0.1, -0.05) is 29.3 Å². The molecule has 0 N–H and O–H groups in total. The van der Waals surface area contributed by atoms with Gasteiger partial charge in [0.15, 0.2) is 0 Å². The van der Waals surface area contributed by atoms with Gasteiger partial charge in [0.05, 0.1) is 10.0 Å². The van der Waals surface area contributed by atoms with Crippen LogP contribution in [0.15, 0.2) is 18.2 Å². The summed E-state index contributed by atoms with van der Waals surface area (Å²) >= 11 is 11.8. The van der Waals surface area contributed by atoms with Gasteiger partial charge in [-0.15, -0.1) is 0 Å². The van der Waals surface area contributed by atoms with Gasteiger partial charge < -0.3 is 4.90 Å². The summed E-state index contributed by atoms with van der Waals surface area (Å²) in [6, 6.07) is 4.42. The van der Waals surface area contributed by atoms with E-state index in [9.17, 15) is 14.9 Å². The number of nitrogens with zero attached hydrogens (tertiary/aromatic N) is 2. The second kappa shape index (κ2) is 6.20. The van der Waals surface area contributed by atoms with E-state index in [2.05, 4.69) is 0 Å². The Hall–Kier alpha value is -1.33. The lowest BCUT2D eigenvalue weighted by molar-refractivity contribution is -0.497. The van der Waals surface area contributed by atoms with Gasteiger partial charge in [0, 0.05) is 23.9 Å². The molecule has 0 saturated heterocycles. The molecular formula is C14H16Cl2N2O3. The minimum atomic E-state index is -0.729. The number of benzene rings is 1. The first-order chi connectivity index (χ1) is 9.81. The Balaban J connectivity index is 2.11. The van der Waals surface area contributed by atoms with E-state index in [0.29, 0.717) is 23.0 Å². The SMILES string of the molecule is CC(C)N(Cc1ccc(Cl)c(Cl)c1)C(=O)C1CC1[N+](=O)[O-]. The fraction of sp³-hybridized carbons (Fsp3) is 0.500. The van der Waals surface area contributed by atoms with E-state index in [1.807, 2.05) is 13.8 Å². The number of halogens is 2. The molecule has 0 aromatic heterocycles. The zero-order valence-corrected chi connectivity index (χ0v) is 13.3. The highest BCUT2D eigenvalue weighted by Crippen LogP contribution is 2.36. The fourth-order valence-electron chi connectivity index (χ4n) is 2.24. The van der Waals surface area contributed by atoms with Crippen molar-refractivity contribution < 1.29 is 9.72 Å². The van der Waals surface area contributed by atoms with Crippen molar-refractivity contribution in [1.82, 2.24) is 4.90 Å². The molecule has 2 rings (SSSR count). The first-order valence-electron chi connectivity index (χ1n) is 6.69. The molecule has 1 fully saturated rings. The number of hydrogen-bond acceptors (Lipinski definition) is 3. The number of nitro groups is 1. The molecule has 7 heteroatoms. The molecule has 1 aliphatic rings. The van der Waals surface area contributed by atoms with Crippen molar-refractivity contribution in [1.29, 1.82) is 0 Å². The van der Waals surface area contributed by atoms with Crippen LogP contribution in [0.5, 0.6) is 0 Å². The molecular weight excluding hydrogens is 315 g/mol. The Morgan fingerprint density at radius 2 is 2.10 bits per heavy atom. The van der Waals surface area contributed by atoms with Crippen molar-refractivity contribution in [2.24, 2.45) is 5.92 Å². The monoisotopic (exact) mass is 330 g/mol. The van der Waals surface area contributed by atoms with Gasteiger partial charge in [-0.3, -0.25) is 14.9 Å². The van der Waals surface area contributed by atoms with Crippen molar-refractivity contribution in [2.75, 3.05) is 0 Å². The van der Waals surface area contributed by atoms with Gasteiger partial charge >= 0.3 is 0 Å². The van der Waals surface area contributed by atoms with Crippen LogP contribution in [0.2, 0.25) is 10.0 Å². The molecule has 2 unspecified atom stereocenters. The highest BCUT2D eigenvalue weighted by molar-refractivity contribution is 6.42. The molecule has 1 aromatic rings. The van der Waals surface area contributed by atoms with Crippen molar-refractivity contribution in [3.63, 3.8) is 0 Å². The Kier molecular flexibility index (Phi) is 4.74. The zero-order chi connectivity index (χ0) is 15.7. The smallest absolute Gasteiger partial charge is 0.233 e. The summed E-state index contributed by atoms with van der Waals surface area (Å²) in [5.41, 5.74) is 0.852. The predicted molar refractivity (Wildman–Crippen MR) is 81.0 cm³/mol. The lowest BCUT2D eigenvalue weighted by Gasteiger charge is -2.27. The van der Waals surface area contributed by atoms with E-state index in [0.717, 1.165) is 5.56 Å². The third kappa shape index (κ3) is 3.66. The van der Waals surface area contributed by atoms with Crippen LogP contribution in [-0.4, -0.2) is 27.8 Å². The van der Waals surface area contributed by atoms with Crippen molar-refractivity contribution in [3.05, 3.63) is 43.9 Å². The van der Waals surface area contributed by atoms with Gasteiger partial charge in [-0.2, -0.15) is 0 Å². The van der Waals surface area contributed by atoms with Crippen molar-refractivity contribution in [3.8, 4) is 0 Å². The van der Waals surface area contributed by atoms with E-state index < -0.39 is 12.0 Å². The average Bonchev–Trinajstić information content (AvgIpc) is 3.19. The molecule has 0 heterocycles. The largest absolute Gasteiger partial charge is 0.335 e. The van der Waals surface area contributed by atoms with Crippen LogP contribution in [0.1, 0.15) is 25.8 Å². The highest BCUT2D eigenvalue weighted by atomic mass is 35.5. The van der Waals surface area contributed by atoms with Crippen LogP contribution < -0.4 is 0 Å². The van der Waals surface area contributed by atoms with Crippen LogP contribution in [0.4, 0.5) is 0 Å². The second-order valence-corrected chi connectivity index (χ2v) is 6.32. The van der Waals surface area contributed by atoms with Crippen LogP contribution >= 0.6 is 23.2 Å². The maximum absolute atomic E-state index is 12.4. The van der Waals surface area contributed by atoms with E-state index in [1.54, 1.807) is 23.1 Å². The van der Waals surface area contributed by atoms with Gasteiger partial charge in [0.1, 0.15) is 5.92 Å². The summed E-state index contributed by atoms with van der Waals surface area (Å²) in [6.45, 7) is 4.15. The number of carbonyl (C=O) groups excluding carboxylic acids is 1. The van der Waals surface area contributed by atoms with E-state index >= 15 is 0 Å². The van der Waals surface area contributed by atoms with Gasteiger partial charge in [0.25, 0.3) is 0 Å². The summed E-state index contributed by atoms with van der Waals surface area (Å²) in [5, 5.41) is 11.6. The van der Waals surface area contributed by atoms with Crippen LogP contribution in [0, 0.1) is 16.0 Å². The molecule has 114 valence electrons. The molecule has 1 aromatic carbocycles. The number of carbonyl (C=O) groups is 1. The van der Waals surface area contributed by atoms with Crippen LogP contribution in [0.3, 0.4) is 0 Å². The van der Waals surface area contributed by atoms with E-state index in [-0.39, 0.29) is 16.9 Å². The molecule has 0 radical (unpaired) electrons. The summed E-state index contributed by atoms with van der Waals surface area (Å²) in [4.78, 5) is 24.4. The first-order valence-corrected chi connectivity index (χ1v) is 7.44. The Labute approximate surface area is 133 Å². The quantitative estimate of drug-likeness (QED) is 0.614. The molecule has 0 bridgehead atoms. The van der Waals surface area contributed by atoms with Crippen molar-refractivity contribution in [2.45, 2.75) is 38.9 Å². The summed E-state index contributed by atoms with van der Waals surface area (Å²) < 4.78 is 0. The summed E-state index contributed by atoms with van der Waals surface area (Å²) in [7, 11) is 0. The van der Waals surface area contributed by atoms with Gasteiger partial charge in [0.2, 0.25) is 11.9 Å². The fourth-order valence-corrected chi connectivity index (χ4v) is 2.56. The lowest BCUT2D eigenvalue weighted by atomic mass is 10.1. The molecule has 0 aliphatic heterocycles. The summed E-state index contributed by atoms with van der Waals surface area (Å²) in [6.07, 6.45) is 0.330.